The maximum absolute atomic E-state index is 11.7. The number of rotatable bonds is 7. The molecule has 0 aliphatic heterocycles. The van der Waals surface area contributed by atoms with Crippen molar-refractivity contribution in [2.24, 2.45) is 5.73 Å². The molecule has 0 aliphatic carbocycles. The van der Waals surface area contributed by atoms with Gasteiger partial charge in [-0.3, -0.25) is 4.79 Å². The fourth-order valence-electron chi connectivity index (χ4n) is 0.890. The van der Waals surface area contributed by atoms with Crippen LogP contribution in [0.4, 0.5) is 8.78 Å². The summed E-state index contributed by atoms with van der Waals surface area (Å²) in [5.74, 6) is -0.604. The molecule has 0 spiro atoms. The van der Waals surface area contributed by atoms with Gasteiger partial charge in [0.2, 0.25) is 5.91 Å². The number of halogens is 2. The van der Waals surface area contributed by atoms with E-state index in [0.29, 0.717) is 0 Å². The third-order valence-electron chi connectivity index (χ3n) is 1.41. The summed E-state index contributed by atoms with van der Waals surface area (Å²) in [6.07, 6.45) is -2.53. The van der Waals surface area contributed by atoms with Crippen LogP contribution in [0.3, 0.4) is 0 Å². The molecule has 0 saturated heterocycles. The van der Waals surface area contributed by atoms with E-state index >= 15 is 0 Å². The number of alkyl halides is 2. The molecule has 0 aromatic heterocycles. The first-order chi connectivity index (χ1) is 6.43. The Balaban J connectivity index is 3.80. The van der Waals surface area contributed by atoms with Crippen molar-refractivity contribution in [3.05, 3.63) is 0 Å². The van der Waals surface area contributed by atoms with Gasteiger partial charge in [0.1, 0.15) is 12.6 Å². The Morgan fingerprint density at radius 2 is 2.00 bits per heavy atom. The highest BCUT2D eigenvalue weighted by molar-refractivity contribution is 5.80. The second-order valence-electron chi connectivity index (χ2n) is 3.20. The molecule has 4 nitrogen and oxygen atoms in total. The van der Waals surface area contributed by atoms with Gasteiger partial charge in [0.25, 0.3) is 6.43 Å². The minimum atomic E-state index is -2.53. The predicted molar refractivity (Wildman–Crippen MR) is 48.1 cm³/mol. The summed E-state index contributed by atoms with van der Waals surface area (Å²) in [4.78, 5) is 10.8. The minimum Gasteiger partial charge on any atom is -0.373 e. The molecular weight excluding hydrogens is 194 g/mol. The van der Waals surface area contributed by atoms with Gasteiger partial charge in [-0.25, -0.2) is 8.78 Å². The average Bonchev–Trinajstić information content (AvgIpc) is 2.00. The number of hydrogen-bond acceptors (Lipinski definition) is 3. The van der Waals surface area contributed by atoms with E-state index < -0.39 is 25.0 Å². The molecule has 0 heterocycles. The van der Waals surface area contributed by atoms with Gasteiger partial charge < -0.3 is 15.8 Å². The lowest BCUT2D eigenvalue weighted by Gasteiger charge is -2.17. The number of primary amides is 1. The average molecular weight is 210 g/mol. The first-order valence-corrected chi connectivity index (χ1v) is 4.34. The molecule has 14 heavy (non-hydrogen) atoms. The molecule has 0 bridgehead atoms. The van der Waals surface area contributed by atoms with E-state index in [1.165, 1.54) is 0 Å². The Hall–Kier alpha value is -0.750. The topological polar surface area (TPSA) is 64.3 Å². The SMILES string of the molecule is CC(C)NC(COCC(F)F)C(N)=O. The van der Waals surface area contributed by atoms with Crippen LogP contribution in [0.25, 0.3) is 0 Å². The number of hydrogen-bond donors (Lipinski definition) is 2. The van der Waals surface area contributed by atoms with Crippen LogP contribution < -0.4 is 11.1 Å². The summed E-state index contributed by atoms with van der Waals surface area (Å²) in [7, 11) is 0. The quantitative estimate of drug-likeness (QED) is 0.627. The molecular formula is C8H16F2N2O2. The molecule has 84 valence electrons. The van der Waals surface area contributed by atoms with Gasteiger partial charge in [-0.1, -0.05) is 13.8 Å². The molecule has 0 radical (unpaired) electrons. The van der Waals surface area contributed by atoms with Crippen molar-refractivity contribution in [2.75, 3.05) is 13.2 Å². The molecule has 0 aromatic rings. The van der Waals surface area contributed by atoms with Gasteiger partial charge in [-0.2, -0.15) is 0 Å². The van der Waals surface area contributed by atoms with Gasteiger partial charge in [0.05, 0.1) is 6.61 Å². The Labute approximate surface area is 81.8 Å². The van der Waals surface area contributed by atoms with Crippen LogP contribution >= 0.6 is 0 Å². The van der Waals surface area contributed by atoms with E-state index in [-0.39, 0.29) is 12.6 Å². The normalized spacial score (nSPS) is 13.6. The largest absolute Gasteiger partial charge is 0.373 e. The van der Waals surface area contributed by atoms with Gasteiger partial charge in [0.15, 0.2) is 0 Å². The van der Waals surface area contributed by atoms with Crippen LogP contribution in [-0.4, -0.2) is 37.6 Å². The predicted octanol–water partition coefficient (Wildman–Crippen LogP) is 0.120. The zero-order chi connectivity index (χ0) is 11.1. The summed E-state index contributed by atoms with van der Waals surface area (Å²) in [5.41, 5.74) is 5.03. The fourth-order valence-corrected chi connectivity index (χ4v) is 0.890. The number of amides is 1. The van der Waals surface area contributed by atoms with Crippen molar-refractivity contribution < 1.29 is 18.3 Å². The number of nitrogens with two attached hydrogens (primary N) is 1. The fraction of sp³-hybridized carbons (Fsp3) is 0.875. The van der Waals surface area contributed by atoms with Gasteiger partial charge in [0, 0.05) is 6.04 Å². The summed E-state index contributed by atoms with van der Waals surface area (Å²) < 4.78 is 28.0. The van der Waals surface area contributed by atoms with Gasteiger partial charge >= 0.3 is 0 Å². The second kappa shape index (κ2) is 6.67. The van der Waals surface area contributed by atoms with E-state index in [2.05, 4.69) is 10.1 Å². The van der Waals surface area contributed by atoms with E-state index in [0.717, 1.165) is 0 Å². The zero-order valence-electron chi connectivity index (χ0n) is 8.30. The lowest BCUT2D eigenvalue weighted by molar-refractivity contribution is -0.122. The van der Waals surface area contributed by atoms with Crippen LogP contribution in [0.1, 0.15) is 13.8 Å². The van der Waals surface area contributed by atoms with E-state index in [1.807, 2.05) is 13.8 Å². The third kappa shape index (κ3) is 6.73. The number of nitrogens with one attached hydrogen (secondary N) is 1. The van der Waals surface area contributed by atoms with Crippen molar-refractivity contribution in [3.63, 3.8) is 0 Å². The van der Waals surface area contributed by atoms with E-state index in [1.54, 1.807) is 0 Å². The summed E-state index contributed by atoms with van der Waals surface area (Å²) in [6, 6.07) is -0.670. The lowest BCUT2D eigenvalue weighted by Crippen LogP contribution is -2.47. The summed E-state index contributed by atoms with van der Waals surface area (Å²) >= 11 is 0. The van der Waals surface area contributed by atoms with Crippen LogP contribution in [0.5, 0.6) is 0 Å². The molecule has 0 rings (SSSR count). The molecule has 3 N–H and O–H groups in total. The molecule has 0 saturated carbocycles. The van der Waals surface area contributed by atoms with Crippen molar-refractivity contribution in [2.45, 2.75) is 32.4 Å². The van der Waals surface area contributed by atoms with Crippen LogP contribution in [0.2, 0.25) is 0 Å². The van der Waals surface area contributed by atoms with Crippen molar-refractivity contribution in [3.8, 4) is 0 Å². The second-order valence-corrected chi connectivity index (χ2v) is 3.20. The lowest BCUT2D eigenvalue weighted by atomic mass is 10.2. The molecule has 1 unspecified atom stereocenters. The molecule has 0 fully saturated rings. The van der Waals surface area contributed by atoms with Crippen LogP contribution in [0.15, 0.2) is 0 Å². The van der Waals surface area contributed by atoms with E-state index in [9.17, 15) is 13.6 Å². The van der Waals surface area contributed by atoms with Gasteiger partial charge in [-0.15, -0.1) is 0 Å². The standard InChI is InChI=1S/C8H16F2N2O2/c1-5(2)12-6(8(11)13)3-14-4-7(9)10/h5-7,12H,3-4H2,1-2H3,(H2,11,13). The maximum atomic E-state index is 11.7. The van der Waals surface area contributed by atoms with Crippen LogP contribution in [-0.2, 0) is 9.53 Å². The minimum absolute atomic E-state index is 0.0441. The highest BCUT2D eigenvalue weighted by Gasteiger charge is 2.16. The first kappa shape index (κ1) is 13.2. The Morgan fingerprint density at radius 1 is 1.43 bits per heavy atom. The van der Waals surface area contributed by atoms with Gasteiger partial charge in [-0.05, 0) is 0 Å². The highest BCUT2D eigenvalue weighted by Crippen LogP contribution is 1.95. The monoisotopic (exact) mass is 210 g/mol. The van der Waals surface area contributed by atoms with Crippen molar-refractivity contribution in [1.82, 2.24) is 5.32 Å². The smallest absolute Gasteiger partial charge is 0.261 e. The highest BCUT2D eigenvalue weighted by atomic mass is 19.3. The van der Waals surface area contributed by atoms with Crippen molar-refractivity contribution in [1.29, 1.82) is 0 Å². The Morgan fingerprint density at radius 3 is 2.36 bits per heavy atom. The first-order valence-electron chi connectivity index (χ1n) is 4.34. The summed E-state index contributed by atoms with van der Waals surface area (Å²) in [5, 5.41) is 2.81. The third-order valence-corrected chi connectivity index (χ3v) is 1.41. The molecule has 6 heteroatoms. The number of carbonyl (C=O) groups excluding carboxylic acids is 1. The number of ether oxygens (including phenoxy) is 1. The Kier molecular flexibility index (Phi) is 6.31. The van der Waals surface area contributed by atoms with E-state index in [4.69, 9.17) is 5.73 Å². The molecule has 1 amide bonds. The van der Waals surface area contributed by atoms with Crippen molar-refractivity contribution >= 4 is 5.91 Å². The summed E-state index contributed by atoms with van der Waals surface area (Å²) in [6.45, 7) is 2.84. The Bertz CT molecular complexity index is 177. The molecule has 0 aliphatic rings. The van der Waals surface area contributed by atoms with Crippen LogP contribution in [0, 0.1) is 0 Å². The molecule has 0 aromatic carbocycles. The number of carbonyl (C=O) groups is 1. The molecule has 1 atom stereocenters. The zero-order valence-corrected chi connectivity index (χ0v) is 8.30. The maximum Gasteiger partial charge on any atom is 0.261 e.